The summed E-state index contributed by atoms with van der Waals surface area (Å²) in [6, 6.07) is 16.6. The second kappa shape index (κ2) is 4.91. The molecular weight excluding hydrogens is 208 g/mol. The number of anilines is 2. The second-order valence-corrected chi connectivity index (χ2v) is 4.44. The molecule has 0 amide bonds. The predicted octanol–water partition coefficient (Wildman–Crippen LogP) is 3.21. The van der Waals surface area contributed by atoms with Crippen molar-refractivity contribution < 1.29 is 0 Å². The molecule has 0 radical (unpaired) electrons. The SMILES string of the molecule is Cc1cccc(N(C)Cc2ccc(N)cc2)c1. The monoisotopic (exact) mass is 226 g/mol. The Morgan fingerprint density at radius 3 is 2.41 bits per heavy atom. The maximum Gasteiger partial charge on any atom is 0.0426 e. The summed E-state index contributed by atoms with van der Waals surface area (Å²) < 4.78 is 0. The van der Waals surface area contributed by atoms with Crippen molar-refractivity contribution in [2.24, 2.45) is 0 Å². The molecule has 0 aliphatic carbocycles. The van der Waals surface area contributed by atoms with Crippen molar-refractivity contribution in [3.63, 3.8) is 0 Å². The van der Waals surface area contributed by atoms with Crippen LogP contribution in [0.15, 0.2) is 48.5 Å². The first kappa shape index (κ1) is 11.5. The summed E-state index contributed by atoms with van der Waals surface area (Å²) in [4.78, 5) is 2.23. The van der Waals surface area contributed by atoms with Gasteiger partial charge in [-0.05, 0) is 42.3 Å². The van der Waals surface area contributed by atoms with Crippen LogP contribution in [0, 0.1) is 6.92 Å². The predicted molar refractivity (Wildman–Crippen MR) is 74.1 cm³/mol. The third kappa shape index (κ3) is 3.00. The highest BCUT2D eigenvalue weighted by Crippen LogP contribution is 2.17. The zero-order valence-electron chi connectivity index (χ0n) is 10.4. The van der Waals surface area contributed by atoms with Gasteiger partial charge in [-0.2, -0.15) is 0 Å². The van der Waals surface area contributed by atoms with Gasteiger partial charge >= 0.3 is 0 Å². The van der Waals surface area contributed by atoms with Gasteiger partial charge < -0.3 is 10.6 Å². The largest absolute Gasteiger partial charge is 0.399 e. The molecule has 2 aromatic rings. The van der Waals surface area contributed by atoms with Crippen molar-refractivity contribution in [1.29, 1.82) is 0 Å². The van der Waals surface area contributed by atoms with Gasteiger partial charge in [-0.25, -0.2) is 0 Å². The molecule has 0 saturated heterocycles. The number of rotatable bonds is 3. The fourth-order valence-electron chi connectivity index (χ4n) is 1.85. The van der Waals surface area contributed by atoms with Crippen LogP contribution in [0.25, 0.3) is 0 Å². The molecular formula is C15H18N2. The Labute approximate surface area is 103 Å². The van der Waals surface area contributed by atoms with Crippen molar-refractivity contribution in [2.75, 3.05) is 17.7 Å². The molecule has 0 unspecified atom stereocenters. The Morgan fingerprint density at radius 1 is 1.06 bits per heavy atom. The lowest BCUT2D eigenvalue weighted by atomic mass is 10.1. The number of hydrogen-bond donors (Lipinski definition) is 1. The fourth-order valence-corrected chi connectivity index (χ4v) is 1.85. The smallest absolute Gasteiger partial charge is 0.0426 e. The highest BCUT2D eigenvalue weighted by atomic mass is 15.1. The van der Waals surface area contributed by atoms with E-state index in [1.165, 1.54) is 16.8 Å². The van der Waals surface area contributed by atoms with Crippen LogP contribution in [0.1, 0.15) is 11.1 Å². The molecule has 2 heteroatoms. The molecule has 17 heavy (non-hydrogen) atoms. The Morgan fingerprint density at radius 2 is 1.76 bits per heavy atom. The molecule has 2 N–H and O–H groups in total. The summed E-state index contributed by atoms with van der Waals surface area (Å²) in [5, 5.41) is 0. The third-order valence-electron chi connectivity index (χ3n) is 2.84. The van der Waals surface area contributed by atoms with Crippen molar-refractivity contribution >= 4 is 11.4 Å². The summed E-state index contributed by atoms with van der Waals surface area (Å²) in [6.07, 6.45) is 0. The van der Waals surface area contributed by atoms with Crippen LogP contribution in [0.5, 0.6) is 0 Å². The number of nitrogens with zero attached hydrogens (tertiary/aromatic N) is 1. The van der Waals surface area contributed by atoms with E-state index in [4.69, 9.17) is 5.73 Å². The van der Waals surface area contributed by atoms with Gasteiger partial charge in [-0.15, -0.1) is 0 Å². The van der Waals surface area contributed by atoms with Crippen LogP contribution in [-0.2, 0) is 6.54 Å². The van der Waals surface area contributed by atoms with Crippen LogP contribution in [0.2, 0.25) is 0 Å². The zero-order valence-corrected chi connectivity index (χ0v) is 10.4. The molecule has 0 aliphatic rings. The van der Waals surface area contributed by atoms with Gasteiger partial charge in [0.15, 0.2) is 0 Å². The van der Waals surface area contributed by atoms with Gasteiger partial charge in [0.25, 0.3) is 0 Å². The van der Waals surface area contributed by atoms with E-state index in [1.807, 2.05) is 12.1 Å². The average Bonchev–Trinajstić information content (AvgIpc) is 2.32. The van der Waals surface area contributed by atoms with Gasteiger partial charge in [-0.3, -0.25) is 0 Å². The first-order valence-electron chi connectivity index (χ1n) is 5.77. The summed E-state index contributed by atoms with van der Waals surface area (Å²) in [6.45, 7) is 3.00. The van der Waals surface area contributed by atoms with E-state index >= 15 is 0 Å². The number of aryl methyl sites for hydroxylation is 1. The van der Waals surface area contributed by atoms with E-state index in [9.17, 15) is 0 Å². The first-order valence-corrected chi connectivity index (χ1v) is 5.77. The van der Waals surface area contributed by atoms with Crippen molar-refractivity contribution in [2.45, 2.75) is 13.5 Å². The molecule has 0 spiro atoms. The molecule has 0 aromatic heterocycles. The Bertz CT molecular complexity index is 489. The molecule has 88 valence electrons. The van der Waals surface area contributed by atoms with Gasteiger partial charge in [-0.1, -0.05) is 24.3 Å². The quantitative estimate of drug-likeness (QED) is 0.814. The molecule has 2 rings (SSSR count). The van der Waals surface area contributed by atoms with E-state index in [2.05, 4.69) is 55.3 Å². The summed E-state index contributed by atoms with van der Waals surface area (Å²) >= 11 is 0. The molecule has 0 bridgehead atoms. The molecule has 2 aromatic carbocycles. The zero-order chi connectivity index (χ0) is 12.3. The normalized spacial score (nSPS) is 10.2. The van der Waals surface area contributed by atoms with Gasteiger partial charge in [0, 0.05) is 25.0 Å². The maximum atomic E-state index is 5.67. The lowest BCUT2D eigenvalue weighted by Gasteiger charge is -2.20. The van der Waals surface area contributed by atoms with Gasteiger partial charge in [0.1, 0.15) is 0 Å². The highest BCUT2D eigenvalue weighted by molar-refractivity contribution is 5.48. The Kier molecular flexibility index (Phi) is 3.33. The van der Waals surface area contributed by atoms with Crippen LogP contribution in [0.3, 0.4) is 0 Å². The Hall–Kier alpha value is -1.96. The minimum absolute atomic E-state index is 0.812. The minimum Gasteiger partial charge on any atom is -0.399 e. The number of benzene rings is 2. The molecule has 0 fully saturated rings. The maximum absolute atomic E-state index is 5.67. The summed E-state index contributed by atoms with van der Waals surface area (Å²) in [5.74, 6) is 0. The lowest BCUT2D eigenvalue weighted by molar-refractivity contribution is 0.922. The first-order chi connectivity index (χ1) is 8.15. The lowest BCUT2D eigenvalue weighted by Crippen LogP contribution is -2.16. The van der Waals surface area contributed by atoms with Gasteiger partial charge in [0.05, 0.1) is 0 Å². The Balaban J connectivity index is 2.11. The standard InChI is InChI=1S/C15H18N2/c1-12-4-3-5-15(10-12)17(2)11-13-6-8-14(16)9-7-13/h3-10H,11,16H2,1-2H3. The fraction of sp³-hybridized carbons (Fsp3) is 0.200. The second-order valence-electron chi connectivity index (χ2n) is 4.44. The van der Waals surface area contributed by atoms with Crippen molar-refractivity contribution in [3.8, 4) is 0 Å². The minimum atomic E-state index is 0.812. The number of hydrogen-bond acceptors (Lipinski definition) is 2. The van der Waals surface area contributed by atoms with Crippen molar-refractivity contribution in [1.82, 2.24) is 0 Å². The van der Waals surface area contributed by atoms with Crippen LogP contribution < -0.4 is 10.6 Å². The average molecular weight is 226 g/mol. The summed E-state index contributed by atoms with van der Waals surface area (Å²) in [5.41, 5.74) is 10.3. The van der Waals surface area contributed by atoms with Gasteiger partial charge in [0.2, 0.25) is 0 Å². The van der Waals surface area contributed by atoms with E-state index in [0.717, 1.165) is 12.2 Å². The molecule has 0 aliphatic heterocycles. The van der Waals surface area contributed by atoms with E-state index in [1.54, 1.807) is 0 Å². The molecule has 0 atom stereocenters. The third-order valence-corrected chi connectivity index (χ3v) is 2.84. The number of nitrogen functional groups attached to an aromatic ring is 1. The van der Waals surface area contributed by atoms with E-state index in [0.29, 0.717) is 0 Å². The molecule has 2 nitrogen and oxygen atoms in total. The highest BCUT2D eigenvalue weighted by Gasteiger charge is 2.01. The summed E-state index contributed by atoms with van der Waals surface area (Å²) in [7, 11) is 2.10. The van der Waals surface area contributed by atoms with E-state index in [-0.39, 0.29) is 0 Å². The van der Waals surface area contributed by atoms with Crippen LogP contribution in [0.4, 0.5) is 11.4 Å². The number of nitrogens with two attached hydrogens (primary N) is 1. The molecule has 0 saturated carbocycles. The molecule has 0 heterocycles. The van der Waals surface area contributed by atoms with E-state index < -0.39 is 0 Å². The van der Waals surface area contributed by atoms with Crippen molar-refractivity contribution in [3.05, 3.63) is 59.7 Å². The van der Waals surface area contributed by atoms with Crippen LogP contribution >= 0.6 is 0 Å². The topological polar surface area (TPSA) is 29.3 Å². The van der Waals surface area contributed by atoms with Crippen LogP contribution in [-0.4, -0.2) is 7.05 Å².